The van der Waals surface area contributed by atoms with Crippen molar-refractivity contribution < 1.29 is 4.79 Å². The summed E-state index contributed by atoms with van der Waals surface area (Å²) in [5, 5.41) is 6.24. The van der Waals surface area contributed by atoms with Crippen molar-refractivity contribution in [2.75, 3.05) is 10.6 Å². The summed E-state index contributed by atoms with van der Waals surface area (Å²) < 4.78 is 0.551. The number of nitrogens with one attached hydrogen (secondary N) is 2. The Morgan fingerprint density at radius 2 is 2.19 bits per heavy atom. The summed E-state index contributed by atoms with van der Waals surface area (Å²) in [6.07, 6.45) is 1.77. The van der Waals surface area contributed by atoms with Crippen molar-refractivity contribution in [2.24, 2.45) is 5.92 Å². The van der Waals surface area contributed by atoms with E-state index in [1.54, 1.807) is 6.20 Å². The van der Waals surface area contributed by atoms with Gasteiger partial charge in [0, 0.05) is 28.4 Å². The second kappa shape index (κ2) is 6.91. The van der Waals surface area contributed by atoms with Gasteiger partial charge in [-0.3, -0.25) is 4.79 Å². The molecule has 1 aromatic carbocycles. The van der Waals surface area contributed by atoms with Gasteiger partial charge in [0.25, 0.3) is 0 Å². The van der Waals surface area contributed by atoms with E-state index in [4.69, 9.17) is 11.6 Å². The summed E-state index contributed by atoms with van der Waals surface area (Å²) in [7, 11) is 0. The molecule has 1 amide bonds. The Bertz CT molecular complexity index is 640. The van der Waals surface area contributed by atoms with Crippen LogP contribution >= 0.6 is 22.9 Å². The monoisotopic (exact) mass is 323 g/mol. The van der Waals surface area contributed by atoms with Gasteiger partial charge < -0.3 is 10.6 Å². The predicted octanol–water partition coefficient (Wildman–Crippen LogP) is 4.31. The van der Waals surface area contributed by atoms with Crippen LogP contribution in [0, 0.1) is 12.8 Å². The van der Waals surface area contributed by atoms with Gasteiger partial charge >= 0.3 is 0 Å². The minimum Gasteiger partial charge on any atom is -0.380 e. The number of halogens is 1. The normalized spacial score (nSPS) is 10.7. The molecule has 4 nitrogen and oxygen atoms in total. The molecule has 0 fully saturated rings. The molecule has 0 radical (unpaired) electrons. The zero-order chi connectivity index (χ0) is 15.4. The van der Waals surface area contributed by atoms with Crippen molar-refractivity contribution in [3.8, 4) is 0 Å². The van der Waals surface area contributed by atoms with E-state index in [-0.39, 0.29) is 11.8 Å². The van der Waals surface area contributed by atoms with Crippen LogP contribution in [-0.4, -0.2) is 10.9 Å². The van der Waals surface area contributed by atoms with Crippen molar-refractivity contribution in [1.29, 1.82) is 0 Å². The minimum atomic E-state index is -0.0294. The van der Waals surface area contributed by atoms with Crippen molar-refractivity contribution in [2.45, 2.75) is 27.3 Å². The molecule has 0 aliphatic heterocycles. The summed E-state index contributed by atoms with van der Waals surface area (Å²) in [6.45, 7) is 6.41. The number of rotatable bonds is 5. The number of carbonyl (C=O) groups is 1. The maximum Gasteiger partial charge on any atom is 0.226 e. The summed E-state index contributed by atoms with van der Waals surface area (Å²) in [5.74, 6) is -0.00334. The molecule has 112 valence electrons. The van der Waals surface area contributed by atoms with Gasteiger partial charge in [-0.05, 0) is 30.7 Å². The van der Waals surface area contributed by atoms with Crippen LogP contribution in [0.5, 0.6) is 0 Å². The van der Waals surface area contributed by atoms with Crippen LogP contribution in [0.4, 0.5) is 11.4 Å². The van der Waals surface area contributed by atoms with E-state index in [1.165, 1.54) is 11.3 Å². The second-order valence-corrected chi connectivity index (χ2v) is 6.80. The molecule has 0 saturated carbocycles. The molecular formula is C15H18ClN3OS. The lowest BCUT2D eigenvalue weighted by atomic mass is 10.1. The molecule has 0 aliphatic rings. The van der Waals surface area contributed by atoms with Gasteiger partial charge in [0.2, 0.25) is 5.91 Å². The third-order valence-electron chi connectivity index (χ3n) is 3.00. The Morgan fingerprint density at radius 1 is 1.43 bits per heavy atom. The van der Waals surface area contributed by atoms with Crippen LogP contribution < -0.4 is 10.6 Å². The quantitative estimate of drug-likeness (QED) is 0.862. The lowest BCUT2D eigenvalue weighted by molar-refractivity contribution is -0.118. The van der Waals surface area contributed by atoms with Gasteiger partial charge in [0.05, 0.1) is 6.54 Å². The molecule has 6 heteroatoms. The van der Waals surface area contributed by atoms with Crippen molar-refractivity contribution in [3.05, 3.63) is 39.3 Å². The van der Waals surface area contributed by atoms with Gasteiger partial charge in [0.15, 0.2) is 4.47 Å². The first-order valence-corrected chi connectivity index (χ1v) is 7.90. The zero-order valence-corrected chi connectivity index (χ0v) is 13.8. The molecular weight excluding hydrogens is 306 g/mol. The highest BCUT2D eigenvalue weighted by Gasteiger charge is 2.09. The Hall–Kier alpha value is -1.59. The Morgan fingerprint density at radius 3 is 2.76 bits per heavy atom. The zero-order valence-electron chi connectivity index (χ0n) is 12.2. The Labute approximate surface area is 133 Å². The molecule has 0 bridgehead atoms. The SMILES string of the molecule is Cc1cc(NCc2cnc(Cl)s2)ccc1NC(=O)C(C)C. The fraction of sp³-hybridized carbons (Fsp3) is 0.333. The van der Waals surface area contributed by atoms with Gasteiger partial charge in [-0.25, -0.2) is 4.98 Å². The van der Waals surface area contributed by atoms with Crippen LogP contribution in [0.3, 0.4) is 0 Å². The standard InChI is InChI=1S/C15H18ClN3OS/c1-9(2)14(20)19-13-5-4-11(6-10(13)3)17-7-12-8-18-15(16)21-12/h4-6,8-9,17H,7H2,1-3H3,(H,19,20). The third-order valence-corrected chi connectivity index (χ3v) is 4.12. The van der Waals surface area contributed by atoms with E-state index in [0.717, 1.165) is 21.8 Å². The van der Waals surface area contributed by atoms with Gasteiger partial charge in [-0.2, -0.15) is 0 Å². The number of aryl methyl sites for hydroxylation is 1. The number of nitrogens with zero attached hydrogens (tertiary/aromatic N) is 1. The number of anilines is 2. The summed E-state index contributed by atoms with van der Waals surface area (Å²) in [5.41, 5.74) is 2.87. The molecule has 2 aromatic rings. The van der Waals surface area contributed by atoms with Crippen molar-refractivity contribution in [3.63, 3.8) is 0 Å². The lowest BCUT2D eigenvalue weighted by Gasteiger charge is -2.12. The predicted molar refractivity (Wildman–Crippen MR) is 89.1 cm³/mol. The molecule has 0 atom stereocenters. The fourth-order valence-corrected chi connectivity index (χ4v) is 2.66. The molecule has 0 saturated heterocycles. The summed E-state index contributed by atoms with van der Waals surface area (Å²) in [4.78, 5) is 16.8. The van der Waals surface area contributed by atoms with E-state index in [9.17, 15) is 4.79 Å². The average molecular weight is 324 g/mol. The van der Waals surface area contributed by atoms with Crippen molar-refractivity contribution in [1.82, 2.24) is 4.98 Å². The lowest BCUT2D eigenvalue weighted by Crippen LogP contribution is -2.18. The molecule has 1 heterocycles. The summed E-state index contributed by atoms with van der Waals surface area (Å²) >= 11 is 7.26. The molecule has 0 unspecified atom stereocenters. The molecule has 1 aromatic heterocycles. The highest BCUT2D eigenvalue weighted by molar-refractivity contribution is 7.15. The van der Waals surface area contributed by atoms with Gasteiger partial charge in [0.1, 0.15) is 0 Å². The molecule has 2 N–H and O–H groups in total. The van der Waals surface area contributed by atoms with Gasteiger partial charge in [-0.1, -0.05) is 25.4 Å². The number of aromatic nitrogens is 1. The number of thiazole rings is 1. The van der Waals surface area contributed by atoms with E-state index in [2.05, 4.69) is 15.6 Å². The first-order chi connectivity index (χ1) is 9.95. The van der Waals surface area contributed by atoms with E-state index < -0.39 is 0 Å². The van der Waals surface area contributed by atoms with E-state index in [1.807, 2.05) is 39.0 Å². The van der Waals surface area contributed by atoms with Crippen molar-refractivity contribution >= 4 is 40.2 Å². The van der Waals surface area contributed by atoms with Crippen LogP contribution in [-0.2, 0) is 11.3 Å². The smallest absolute Gasteiger partial charge is 0.226 e. The maximum atomic E-state index is 11.7. The first-order valence-electron chi connectivity index (χ1n) is 6.71. The minimum absolute atomic E-state index is 0.0260. The average Bonchev–Trinajstić information content (AvgIpc) is 2.84. The molecule has 2 rings (SSSR count). The Kier molecular flexibility index (Phi) is 5.20. The highest BCUT2D eigenvalue weighted by atomic mass is 35.5. The van der Waals surface area contributed by atoms with Crippen LogP contribution in [0.25, 0.3) is 0 Å². The maximum absolute atomic E-state index is 11.7. The number of hydrogen-bond donors (Lipinski definition) is 2. The van der Waals surface area contributed by atoms with E-state index >= 15 is 0 Å². The Balaban J connectivity index is 2.00. The van der Waals surface area contributed by atoms with Crippen LogP contribution in [0.1, 0.15) is 24.3 Å². The summed E-state index contributed by atoms with van der Waals surface area (Å²) in [6, 6.07) is 5.88. The highest BCUT2D eigenvalue weighted by Crippen LogP contribution is 2.22. The largest absolute Gasteiger partial charge is 0.380 e. The van der Waals surface area contributed by atoms with Crippen LogP contribution in [0.15, 0.2) is 24.4 Å². The fourth-order valence-electron chi connectivity index (χ4n) is 1.75. The molecule has 0 spiro atoms. The third kappa shape index (κ3) is 4.44. The first kappa shape index (κ1) is 15.8. The van der Waals surface area contributed by atoms with Crippen LogP contribution in [0.2, 0.25) is 4.47 Å². The molecule has 21 heavy (non-hydrogen) atoms. The van der Waals surface area contributed by atoms with E-state index in [0.29, 0.717) is 11.0 Å². The number of amides is 1. The number of hydrogen-bond acceptors (Lipinski definition) is 4. The number of benzene rings is 1. The van der Waals surface area contributed by atoms with Gasteiger partial charge in [-0.15, -0.1) is 11.3 Å². The topological polar surface area (TPSA) is 54.0 Å². The molecule has 0 aliphatic carbocycles. The second-order valence-electron chi connectivity index (χ2n) is 5.11. The number of carbonyl (C=O) groups excluding carboxylic acids is 1.